The van der Waals surface area contributed by atoms with Crippen LogP contribution in [0.3, 0.4) is 0 Å². The Hall–Kier alpha value is -0.250. The lowest BCUT2D eigenvalue weighted by molar-refractivity contribution is -0.119. The smallest absolute Gasteiger partial charge is 0.233 e. The zero-order valence-corrected chi connectivity index (χ0v) is 7.67. The van der Waals surface area contributed by atoms with Gasteiger partial charge < -0.3 is 10.6 Å². The normalized spacial score (nSPS) is 11.4. The van der Waals surface area contributed by atoms with Crippen LogP contribution in [0.1, 0.15) is 0 Å². The molecule has 0 heterocycles. The molecule has 0 aliphatic carbocycles. The van der Waals surface area contributed by atoms with E-state index in [9.17, 15) is 4.79 Å². The van der Waals surface area contributed by atoms with E-state index in [1.165, 1.54) is 5.54 Å². The first-order valence-electron chi connectivity index (χ1n) is 3.06. The number of rotatable bonds is 4. The maximum Gasteiger partial charge on any atom is 0.233 e. The second-order valence-corrected chi connectivity index (χ2v) is 2.54. The third-order valence-corrected chi connectivity index (χ3v) is 1.59. The highest BCUT2D eigenvalue weighted by molar-refractivity contribution is 6.36. The summed E-state index contributed by atoms with van der Waals surface area (Å²) in [6, 6.07) is 0. The van der Waals surface area contributed by atoms with Crippen LogP contribution in [-0.2, 0) is 4.79 Å². The van der Waals surface area contributed by atoms with Gasteiger partial charge in [-0.1, -0.05) is 23.2 Å². The van der Waals surface area contributed by atoms with Crippen LogP contribution in [0.2, 0.25) is 0 Å². The van der Waals surface area contributed by atoms with Crippen molar-refractivity contribution in [1.82, 2.24) is 10.6 Å². The van der Waals surface area contributed by atoms with Gasteiger partial charge in [-0.15, -0.1) is 0 Å². The van der Waals surface area contributed by atoms with Crippen LogP contribution in [0, 0.1) is 0 Å². The number of halogens is 2. The molecule has 1 amide bonds. The molecular weight excluding hydrogens is 187 g/mol. The molecule has 0 fully saturated rings. The summed E-state index contributed by atoms with van der Waals surface area (Å²) in [5.74, 6) is -0.0796. The molecule has 0 aromatic heterocycles. The second kappa shape index (κ2) is 6.46. The molecule has 2 N–H and O–H groups in total. The molecule has 0 radical (unpaired) electrons. The maximum atomic E-state index is 10.6. The van der Waals surface area contributed by atoms with Crippen LogP contribution in [-0.4, -0.2) is 26.0 Å². The van der Waals surface area contributed by atoms with Crippen LogP contribution < -0.4 is 10.6 Å². The molecule has 3 nitrogen and oxygen atoms in total. The Morgan fingerprint density at radius 3 is 2.64 bits per heavy atom. The fourth-order valence-corrected chi connectivity index (χ4v) is 0.594. The first-order chi connectivity index (χ1) is 5.20. The Bertz CT molecular complexity index is 159. The van der Waals surface area contributed by atoms with Crippen molar-refractivity contribution in [2.45, 2.75) is 0 Å². The molecule has 0 saturated carbocycles. The summed E-state index contributed by atoms with van der Waals surface area (Å²) < 4.78 is 0. The maximum absolute atomic E-state index is 10.6. The molecule has 0 atom stereocenters. The highest BCUT2D eigenvalue weighted by atomic mass is 35.5. The van der Waals surface area contributed by atoms with Crippen LogP contribution in [0.5, 0.6) is 0 Å². The van der Waals surface area contributed by atoms with E-state index in [1.54, 1.807) is 7.05 Å². The summed E-state index contributed by atoms with van der Waals surface area (Å²) in [4.78, 5) is 10.6. The number of hydrogen-bond donors (Lipinski definition) is 2. The molecule has 0 bridgehead atoms. The van der Waals surface area contributed by atoms with E-state index in [2.05, 4.69) is 10.6 Å². The standard InChI is InChI=1S/C6H10Cl2N2O/c1-9-6(11)4-10-3-5(8)2-7/h2,10H,3-4H2,1H3,(H,9,11). The third-order valence-electron chi connectivity index (χ3n) is 0.977. The van der Waals surface area contributed by atoms with Gasteiger partial charge >= 0.3 is 0 Å². The van der Waals surface area contributed by atoms with E-state index < -0.39 is 0 Å². The summed E-state index contributed by atoms with van der Waals surface area (Å²) in [5, 5.41) is 5.73. The minimum Gasteiger partial charge on any atom is -0.358 e. The van der Waals surface area contributed by atoms with Crippen molar-refractivity contribution in [3.63, 3.8) is 0 Å². The van der Waals surface area contributed by atoms with Gasteiger partial charge in [0.05, 0.1) is 6.54 Å². The molecule has 5 heteroatoms. The minimum absolute atomic E-state index is 0.0796. The van der Waals surface area contributed by atoms with Crippen molar-refractivity contribution in [2.24, 2.45) is 0 Å². The van der Waals surface area contributed by atoms with Crippen molar-refractivity contribution >= 4 is 29.1 Å². The van der Waals surface area contributed by atoms with Gasteiger partial charge in [0, 0.05) is 24.2 Å². The number of carbonyl (C=O) groups excluding carboxylic acids is 1. The van der Waals surface area contributed by atoms with E-state index in [4.69, 9.17) is 23.2 Å². The van der Waals surface area contributed by atoms with Gasteiger partial charge in [0.25, 0.3) is 0 Å². The molecule has 0 aliphatic heterocycles. The number of nitrogens with one attached hydrogen (secondary N) is 2. The van der Waals surface area contributed by atoms with Gasteiger partial charge in [-0.05, 0) is 0 Å². The molecule has 0 spiro atoms. The monoisotopic (exact) mass is 196 g/mol. The van der Waals surface area contributed by atoms with Gasteiger partial charge in [0.2, 0.25) is 5.91 Å². The summed E-state index contributed by atoms with van der Waals surface area (Å²) in [6.07, 6.45) is 0. The fourth-order valence-electron chi connectivity index (χ4n) is 0.422. The molecular formula is C6H10Cl2N2O. The lowest BCUT2D eigenvalue weighted by Crippen LogP contribution is -2.31. The van der Waals surface area contributed by atoms with E-state index in [1.807, 2.05) is 0 Å². The van der Waals surface area contributed by atoms with Crippen LogP contribution in [0.15, 0.2) is 10.6 Å². The Labute approximate surface area is 75.7 Å². The van der Waals surface area contributed by atoms with E-state index in [0.29, 0.717) is 11.6 Å². The van der Waals surface area contributed by atoms with Crippen molar-refractivity contribution in [1.29, 1.82) is 0 Å². The van der Waals surface area contributed by atoms with Crippen molar-refractivity contribution in [3.8, 4) is 0 Å². The second-order valence-electron chi connectivity index (χ2n) is 1.83. The van der Waals surface area contributed by atoms with E-state index in [-0.39, 0.29) is 12.5 Å². The number of hydrogen-bond acceptors (Lipinski definition) is 2. The average molecular weight is 197 g/mol. The fraction of sp³-hybridized carbons (Fsp3) is 0.500. The van der Waals surface area contributed by atoms with Crippen molar-refractivity contribution in [3.05, 3.63) is 10.6 Å². The van der Waals surface area contributed by atoms with Crippen molar-refractivity contribution < 1.29 is 4.79 Å². The summed E-state index contributed by atoms with van der Waals surface area (Å²) in [5.41, 5.74) is 1.26. The molecule has 11 heavy (non-hydrogen) atoms. The summed E-state index contributed by atoms with van der Waals surface area (Å²) in [6.45, 7) is 0.663. The number of amides is 1. The lowest BCUT2D eigenvalue weighted by Gasteiger charge is -2.00. The SMILES string of the molecule is CNC(=O)CNCC(Cl)=CCl. The zero-order chi connectivity index (χ0) is 8.69. The quantitative estimate of drug-likeness (QED) is 0.694. The molecule has 0 aromatic carbocycles. The first kappa shape index (κ1) is 10.8. The van der Waals surface area contributed by atoms with Crippen LogP contribution in [0.4, 0.5) is 0 Å². The summed E-state index contributed by atoms with van der Waals surface area (Å²) >= 11 is 10.8. The number of likely N-dealkylation sites (N-methyl/N-ethyl adjacent to an activating group) is 1. The predicted octanol–water partition coefficient (Wildman–Crippen LogP) is 0.641. The van der Waals surface area contributed by atoms with Gasteiger partial charge in [-0.2, -0.15) is 0 Å². The van der Waals surface area contributed by atoms with Gasteiger partial charge in [-0.25, -0.2) is 0 Å². The third kappa shape index (κ3) is 6.16. The molecule has 0 unspecified atom stereocenters. The molecule has 0 aliphatic rings. The predicted molar refractivity (Wildman–Crippen MR) is 46.7 cm³/mol. The molecule has 64 valence electrons. The van der Waals surface area contributed by atoms with E-state index in [0.717, 1.165) is 0 Å². The largest absolute Gasteiger partial charge is 0.358 e. The Kier molecular flexibility index (Phi) is 6.31. The van der Waals surface area contributed by atoms with Crippen LogP contribution in [0.25, 0.3) is 0 Å². The highest BCUT2D eigenvalue weighted by Gasteiger charge is 1.96. The van der Waals surface area contributed by atoms with Crippen LogP contribution >= 0.6 is 23.2 Å². The topological polar surface area (TPSA) is 41.1 Å². The molecule has 0 aromatic rings. The first-order valence-corrected chi connectivity index (χ1v) is 3.88. The Morgan fingerprint density at radius 1 is 1.55 bits per heavy atom. The Balaban J connectivity index is 3.35. The summed E-state index contributed by atoms with van der Waals surface area (Å²) in [7, 11) is 1.57. The van der Waals surface area contributed by atoms with E-state index >= 15 is 0 Å². The number of carbonyl (C=O) groups is 1. The highest BCUT2D eigenvalue weighted by Crippen LogP contribution is 1.99. The average Bonchev–Trinajstić information content (AvgIpc) is 2.04. The minimum atomic E-state index is -0.0796. The molecule has 0 rings (SSSR count). The molecule has 0 saturated heterocycles. The van der Waals surface area contributed by atoms with Crippen molar-refractivity contribution in [2.75, 3.05) is 20.1 Å². The van der Waals surface area contributed by atoms with Gasteiger partial charge in [0.1, 0.15) is 0 Å². The zero-order valence-electron chi connectivity index (χ0n) is 6.16. The lowest BCUT2D eigenvalue weighted by atomic mass is 10.5. The van der Waals surface area contributed by atoms with Gasteiger partial charge in [0.15, 0.2) is 0 Å². The Morgan fingerprint density at radius 2 is 2.18 bits per heavy atom. The van der Waals surface area contributed by atoms with Gasteiger partial charge in [-0.3, -0.25) is 4.79 Å².